The maximum Gasteiger partial charge on any atom is 0.319 e. The van der Waals surface area contributed by atoms with Gasteiger partial charge in [0.25, 0.3) is 0 Å². The van der Waals surface area contributed by atoms with Crippen LogP contribution in [0.15, 0.2) is 0 Å². The second kappa shape index (κ2) is 14.9. The predicted octanol–water partition coefficient (Wildman–Crippen LogP) is 4.16. The van der Waals surface area contributed by atoms with Crippen molar-refractivity contribution in [2.45, 2.75) is 109 Å². The minimum atomic E-state index is -1.40. The number of rotatable bonds is 14. The van der Waals surface area contributed by atoms with Crippen LogP contribution in [0.1, 0.15) is 103 Å². The van der Waals surface area contributed by atoms with E-state index in [1.165, 1.54) is 51.4 Å². The van der Waals surface area contributed by atoms with Crippen LogP contribution in [0.2, 0.25) is 0 Å². The van der Waals surface area contributed by atoms with Crippen molar-refractivity contribution >= 4 is 11.9 Å². The molecule has 0 saturated carbocycles. The number of hydrogen-bond acceptors (Lipinski definition) is 6. The van der Waals surface area contributed by atoms with Crippen molar-refractivity contribution in [1.29, 1.82) is 0 Å². The number of nitrogens with two attached hydrogens (primary N) is 1. The van der Waals surface area contributed by atoms with Crippen LogP contribution in [0.4, 0.5) is 0 Å². The van der Waals surface area contributed by atoms with Gasteiger partial charge < -0.3 is 15.2 Å². The van der Waals surface area contributed by atoms with Crippen molar-refractivity contribution < 1.29 is 19.1 Å². The fraction of sp³-hybridized carbons (Fsp3) is 0.905. The van der Waals surface area contributed by atoms with E-state index >= 15 is 0 Å². The SMILES string of the molecule is CCCCCCCCCCCCNC1(CCN)OC(=O)CCCCC(=O)O1. The van der Waals surface area contributed by atoms with Crippen LogP contribution < -0.4 is 11.1 Å². The van der Waals surface area contributed by atoms with Gasteiger partial charge in [0.05, 0.1) is 6.42 Å². The van der Waals surface area contributed by atoms with Crippen molar-refractivity contribution in [3.63, 3.8) is 0 Å². The summed E-state index contributed by atoms with van der Waals surface area (Å²) in [4.78, 5) is 24.0. The Kier molecular flexibility index (Phi) is 13.2. The van der Waals surface area contributed by atoms with Gasteiger partial charge in [-0.2, -0.15) is 0 Å². The third-order valence-electron chi connectivity index (χ3n) is 4.97. The van der Waals surface area contributed by atoms with Gasteiger partial charge in [-0.15, -0.1) is 0 Å². The van der Waals surface area contributed by atoms with Crippen molar-refractivity contribution in [3.8, 4) is 0 Å². The Balaban J connectivity index is 2.28. The van der Waals surface area contributed by atoms with Crippen molar-refractivity contribution in [2.75, 3.05) is 13.1 Å². The van der Waals surface area contributed by atoms with Crippen LogP contribution in [0.25, 0.3) is 0 Å². The third-order valence-corrected chi connectivity index (χ3v) is 4.97. The van der Waals surface area contributed by atoms with Crippen LogP contribution in [-0.4, -0.2) is 30.9 Å². The molecule has 6 heteroatoms. The van der Waals surface area contributed by atoms with Crippen LogP contribution >= 0.6 is 0 Å². The van der Waals surface area contributed by atoms with Gasteiger partial charge in [0, 0.05) is 25.9 Å². The van der Waals surface area contributed by atoms with Crippen molar-refractivity contribution in [2.24, 2.45) is 5.73 Å². The van der Waals surface area contributed by atoms with E-state index in [-0.39, 0.29) is 24.9 Å². The average Bonchev–Trinajstić information content (AvgIpc) is 2.69. The summed E-state index contributed by atoms with van der Waals surface area (Å²) in [7, 11) is 0. The molecule has 0 spiro atoms. The van der Waals surface area contributed by atoms with Crippen LogP contribution in [0.5, 0.6) is 0 Å². The molecule has 1 aliphatic heterocycles. The first-order valence-corrected chi connectivity index (χ1v) is 11.0. The third kappa shape index (κ3) is 11.3. The maximum absolute atomic E-state index is 12.0. The topological polar surface area (TPSA) is 90.6 Å². The number of carbonyl (C=O) groups excluding carboxylic acids is 2. The number of carbonyl (C=O) groups is 2. The molecule has 0 aliphatic carbocycles. The predicted molar refractivity (Wildman–Crippen MR) is 107 cm³/mol. The average molecular weight is 385 g/mol. The second-order valence-corrected chi connectivity index (χ2v) is 7.56. The summed E-state index contributed by atoms with van der Waals surface area (Å²) in [5.74, 6) is -2.07. The smallest absolute Gasteiger partial charge is 0.319 e. The molecule has 0 aromatic rings. The molecule has 0 amide bonds. The minimum Gasteiger partial charge on any atom is -0.408 e. The van der Waals surface area contributed by atoms with Gasteiger partial charge in [0.15, 0.2) is 0 Å². The number of esters is 2. The highest BCUT2D eigenvalue weighted by Gasteiger charge is 2.38. The number of cyclic esters (lactones) is 2. The standard InChI is InChI=1S/C21H40N2O4/c1-2-3-4-5-6-7-8-9-10-13-18-23-21(16-17-22)26-19(24)14-11-12-15-20(25)27-21/h23H,2-18,22H2,1H3. The minimum absolute atomic E-state index is 0.266. The molecular formula is C21H40N2O4. The van der Waals surface area contributed by atoms with Gasteiger partial charge in [0.1, 0.15) is 0 Å². The van der Waals surface area contributed by atoms with E-state index in [4.69, 9.17) is 15.2 Å². The fourth-order valence-electron chi connectivity index (χ4n) is 3.37. The molecule has 0 aromatic heterocycles. The van der Waals surface area contributed by atoms with Gasteiger partial charge in [-0.3, -0.25) is 9.59 Å². The Labute approximate surface area is 164 Å². The molecule has 1 heterocycles. The molecule has 3 N–H and O–H groups in total. The second-order valence-electron chi connectivity index (χ2n) is 7.56. The Hall–Kier alpha value is -1.14. The zero-order valence-corrected chi connectivity index (χ0v) is 17.2. The van der Waals surface area contributed by atoms with E-state index in [1.807, 2.05) is 0 Å². The lowest BCUT2D eigenvalue weighted by Crippen LogP contribution is -2.53. The largest absolute Gasteiger partial charge is 0.408 e. The molecule has 1 fully saturated rings. The number of hydrogen-bond donors (Lipinski definition) is 2. The summed E-state index contributed by atoms with van der Waals surface area (Å²) >= 11 is 0. The summed E-state index contributed by atoms with van der Waals surface area (Å²) < 4.78 is 11.0. The molecular weight excluding hydrogens is 344 g/mol. The van der Waals surface area contributed by atoms with Gasteiger partial charge in [0.2, 0.25) is 0 Å². The molecule has 0 bridgehead atoms. The molecule has 0 radical (unpaired) electrons. The number of unbranched alkanes of at least 4 members (excludes halogenated alkanes) is 9. The van der Waals surface area contributed by atoms with E-state index in [2.05, 4.69) is 12.2 Å². The molecule has 0 atom stereocenters. The molecule has 1 rings (SSSR count). The van der Waals surface area contributed by atoms with Crippen molar-refractivity contribution in [3.05, 3.63) is 0 Å². The summed E-state index contributed by atoms with van der Waals surface area (Å²) in [6.45, 7) is 3.15. The van der Waals surface area contributed by atoms with Gasteiger partial charge in [-0.1, -0.05) is 64.7 Å². The number of nitrogens with one attached hydrogen (secondary N) is 1. The molecule has 27 heavy (non-hydrogen) atoms. The highest BCUT2D eigenvalue weighted by atomic mass is 16.7. The first kappa shape index (κ1) is 23.9. The lowest BCUT2D eigenvalue weighted by atomic mass is 10.1. The van der Waals surface area contributed by atoms with E-state index < -0.39 is 5.91 Å². The van der Waals surface area contributed by atoms with Crippen molar-refractivity contribution in [1.82, 2.24) is 5.32 Å². The van der Waals surface area contributed by atoms with Gasteiger partial charge in [-0.05, 0) is 19.3 Å². The molecule has 1 saturated heterocycles. The van der Waals surface area contributed by atoms with E-state index in [0.29, 0.717) is 32.2 Å². The van der Waals surface area contributed by atoms with E-state index in [0.717, 1.165) is 12.8 Å². The summed E-state index contributed by atoms with van der Waals surface area (Å²) in [6, 6.07) is 0. The Morgan fingerprint density at radius 1 is 0.852 bits per heavy atom. The molecule has 158 valence electrons. The molecule has 0 unspecified atom stereocenters. The quantitative estimate of drug-likeness (QED) is 0.345. The van der Waals surface area contributed by atoms with Gasteiger partial charge in [-0.25, -0.2) is 5.32 Å². The van der Waals surface area contributed by atoms with Gasteiger partial charge >= 0.3 is 17.8 Å². The Morgan fingerprint density at radius 3 is 1.81 bits per heavy atom. The number of ether oxygens (including phenoxy) is 2. The zero-order chi connectivity index (χ0) is 19.8. The summed E-state index contributed by atoms with van der Waals surface area (Å²) in [5, 5.41) is 3.15. The highest BCUT2D eigenvalue weighted by molar-refractivity contribution is 5.73. The van der Waals surface area contributed by atoms with Crippen LogP contribution in [0, 0.1) is 0 Å². The maximum atomic E-state index is 12.0. The molecule has 0 aromatic carbocycles. The Bertz CT molecular complexity index is 395. The zero-order valence-electron chi connectivity index (χ0n) is 17.2. The monoisotopic (exact) mass is 384 g/mol. The van der Waals surface area contributed by atoms with Crippen LogP contribution in [-0.2, 0) is 19.1 Å². The first-order chi connectivity index (χ1) is 13.1. The molecule has 1 aliphatic rings. The van der Waals surface area contributed by atoms with Crippen LogP contribution in [0.3, 0.4) is 0 Å². The van der Waals surface area contributed by atoms with E-state index in [9.17, 15) is 9.59 Å². The lowest BCUT2D eigenvalue weighted by molar-refractivity contribution is -0.242. The Morgan fingerprint density at radius 2 is 1.33 bits per heavy atom. The van der Waals surface area contributed by atoms with E-state index in [1.54, 1.807) is 0 Å². The summed E-state index contributed by atoms with van der Waals surface area (Å²) in [5.41, 5.74) is 5.67. The fourth-order valence-corrected chi connectivity index (χ4v) is 3.37. The first-order valence-electron chi connectivity index (χ1n) is 11.0. The highest BCUT2D eigenvalue weighted by Crippen LogP contribution is 2.21. The molecule has 6 nitrogen and oxygen atoms in total. The summed E-state index contributed by atoms with van der Waals surface area (Å²) in [6.07, 6.45) is 14.7. The lowest BCUT2D eigenvalue weighted by Gasteiger charge is -2.32. The normalized spacial score (nSPS) is 17.6.